The number of alkyl halides is 1. The van der Waals surface area contributed by atoms with Crippen LogP contribution in [0.25, 0.3) is 0 Å². The lowest BCUT2D eigenvalue weighted by Crippen LogP contribution is -2.54. The summed E-state index contributed by atoms with van der Waals surface area (Å²) in [4.78, 5) is 26.1. The quantitative estimate of drug-likeness (QED) is 0.662. The second-order valence-electron chi connectivity index (χ2n) is 5.33. The lowest BCUT2D eigenvalue weighted by molar-refractivity contribution is -0.0892. The summed E-state index contributed by atoms with van der Waals surface area (Å²) in [6.07, 6.45) is -1.65. The van der Waals surface area contributed by atoms with Crippen LogP contribution in [-0.4, -0.2) is 43.7 Å². The molecule has 7 nitrogen and oxygen atoms in total. The number of aromatic amines is 1. The van der Waals surface area contributed by atoms with E-state index in [1.54, 1.807) is 0 Å². The fraction of sp³-hybridized carbons (Fsp3) is 0.667. The average molecular weight is 288 g/mol. The molecule has 0 aromatic carbocycles. The van der Waals surface area contributed by atoms with Crippen LogP contribution < -0.4 is 11.2 Å². The van der Waals surface area contributed by atoms with Crippen molar-refractivity contribution < 1.29 is 19.3 Å². The van der Waals surface area contributed by atoms with Crippen molar-refractivity contribution in [3.05, 3.63) is 32.6 Å². The minimum Gasteiger partial charge on any atom is -0.394 e. The van der Waals surface area contributed by atoms with Crippen molar-refractivity contribution >= 4 is 0 Å². The van der Waals surface area contributed by atoms with Gasteiger partial charge in [0, 0.05) is 11.8 Å². The van der Waals surface area contributed by atoms with Gasteiger partial charge in [-0.25, -0.2) is 13.8 Å². The SMILES string of the molecule is Cc1c[nH]c(=O)n([C@@H]2OC(CO)[C@@](C)(O)C2(C)F)c1=O. The number of halogens is 1. The Kier molecular flexibility index (Phi) is 3.35. The van der Waals surface area contributed by atoms with Crippen LogP contribution in [0.5, 0.6) is 0 Å². The molecule has 0 saturated carbocycles. The Hall–Kier alpha value is -1.51. The van der Waals surface area contributed by atoms with Crippen molar-refractivity contribution in [2.24, 2.45) is 0 Å². The number of hydrogen-bond donors (Lipinski definition) is 3. The molecule has 20 heavy (non-hydrogen) atoms. The summed E-state index contributed by atoms with van der Waals surface area (Å²) in [5, 5.41) is 19.3. The molecule has 112 valence electrons. The number of nitrogens with one attached hydrogen (secondary N) is 1. The molecule has 0 radical (unpaired) electrons. The molecule has 0 amide bonds. The average Bonchev–Trinajstić information content (AvgIpc) is 2.53. The fourth-order valence-corrected chi connectivity index (χ4v) is 2.30. The standard InChI is InChI=1S/C12H17FN2O5/c1-6-4-14-10(18)15(8(6)17)9-11(2,13)12(3,19)7(5-16)20-9/h4,7,9,16,19H,5H2,1-3H3,(H,14,18)/t7?,9-,11?,12-/m1/s1. The van der Waals surface area contributed by atoms with E-state index in [2.05, 4.69) is 4.98 Å². The summed E-state index contributed by atoms with van der Waals surface area (Å²) in [5.41, 5.74) is -5.82. The Morgan fingerprint density at radius 1 is 1.50 bits per heavy atom. The first-order valence-corrected chi connectivity index (χ1v) is 6.13. The van der Waals surface area contributed by atoms with E-state index < -0.39 is 41.5 Å². The van der Waals surface area contributed by atoms with Gasteiger partial charge in [-0.3, -0.25) is 4.79 Å². The highest BCUT2D eigenvalue weighted by molar-refractivity contribution is 5.11. The smallest absolute Gasteiger partial charge is 0.330 e. The molecule has 1 aromatic rings. The minimum absolute atomic E-state index is 0.205. The third-order valence-electron chi connectivity index (χ3n) is 3.96. The molecular formula is C12H17FN2O5. The molecule has 1 fully saturated rings. The summed E-state index contributed by atoms with van der Waals surface area (Å²) in [6, 6.07) is 0. The number of ether oxygens (including phenoxy) is 1. The number of hydrogen-bond acceptors (Lipinski definition) is 5. The van der Waals surface area contributed by atoms with Crippen molar-refractivity contribution in [2.75, 3.05) is 6.61 Å². The van der Waals surface area contributed by atoms with Crippen LogP contribution in [0.3, 0.4) is 0 Å². The van der Waals surface area contributed by atoms with Gasteiger partial charge < -0.3 is 19.9 Å². The molecule has 4 atom stereocenters. The van der Waals surface area contributed by atoms with Crippen molar-refractivity contribution in [1.82, 2.24) is 9.55 Å². The maximum atomic E-state index is 14.9. The van der Waals surface area contributed by atoms with Crippen molar-refractivity contribution in [3.8, 4) is 0 Å². The van der Waals surface area contributed by atoms with E-state index in [0.717, 1.165) is 13.8 Å². The minimum atomic E-state index is -2.43. The first kappa shape index (κ1) is 14.9. The molecule has 1 aliphatic rings. The highest BCUT2D eigenvalue weighted by Crippen LogP contribution is 2.46. The van der Waals surface area contributed by atoms with Gasteiger partial charge in [0.1, 0.15) is 11.7 Å². The lowest BCUT2D eigenvalue weighted by Gasteiger charge is -2.32. The Bertz CT molecular complexity index is 633. The van der Waals surface area contributed by atoms with E-state index >= 15 is 0 Å². The summed E-state index contributed by atoms with van der Waals surface area (Å²) >= 11 is 0. The molecule has 2 unspecified atom stereocenters. The molecule has 1 saturated heterocycles. The number of aliphatic hydroxyl groups excluding tert-OH is 1. The van der Waals surface area contributed by atoms with Crippen LogP contribution in [0.1, 0.15) is 25.6 Å². The zero-order valence-electron chi connectivity index (χ0n) is 11.4. The first-order valence-electron chi connectivity index (χ1n) is 6.13. The Labute approximate surface area is 113 Å². The van der Waals surface area contributed by atoms with Gasteiger partial charge in [0.05, 0.1) is 6.61 Å². The fourth-order valence-electron chi connectivity index (χ4n) is 2.30. The van der Waals surface area contributed by atoms with Gasteiger partial charge in [0.25, 0.3) is 5.56 Å². The molecule has 1 aliphatic heterocycles. The molecule has 0 spiro atoms. The van der Waals surface area contributed by atoms with E-state index in [4.69, 9.17) is 9.84 Å². The van der Waals surface area contributed by atoms with Gasteiger partial charge in [-0.1, -0.05) is 0 Å². The molecule has 0 aliphatic carbocycles. The molecule has 3 N–H and O–H groups in total. The Morgan fingerprint density at radius 3 is 2.60 bits per heavy atom. The van der Waals surface area contributed by atoms with Crippen LogP contribution in [0, 0.1) is 6.92 Å². The molecular weight excluding hydrogens is 271 g/mol. The maximum absolute atomic E-state index is 14.9. The zero-order chi connectivity index (χ0) is 15.3. The Balaban J connectivity index is 2.64. The third kappa shape index (κ3) is 1.83. The molecule has 1 aromatic heterocycles. The Morgan fingerprint density at radius 2 is 2.10 bits per heavy atom. The third-order valence-corrected chi connectivity index (χ3v) is 3.96. The van der Waals surface area contributed by atoms with Gasteiger partial charge in [0.15, 0.2) is 11.9 Å². The van der Waals surface area contributed by atoms with E-state index in [1.807, 2.05) is 0 Å². The van der Waals surface area contributed by atoms with Gasteiger partial charge >= 0.3 is 5.69 Å². The van der Waals surface area contributed by atoms with E-state index in [-0.39, 0.29) is 5.56 Å². The summed E-state index contributed by atoms with van der Waals surface area (Å²) in [5.74, 6) is 0. The second kappa shape index (κ2) is 4.51. The number of aliphatic hydroxyl groups is 2. The number of aryl methyl sites for hydroxylation is 1. The normalized spacial score (nSPS) is 37.3. The predicted molar refractivity (Wildman–Crippen MR) is 67.2 cm³/mol. The van der Waals surface area contributed by atoms with Gasteiger partial charge in [0.2, 0.25) is 0 Å². The van der Waals surface area contributed by atoms with E-state index in [1.165, 1.54) is 13.1 Å². The topological polar surface area (TPSA) is 105 Å². The number of aromatic nitrogens is 2. The van der Waals surface area contributed by atoms with E-state index in [9.17, 15) is 19.1 Å². The molecule has 2 rings (SSSR count). The van der Waals surface area contributed by atoms with Crippen molar-refractivity contribution in [3.63, 3.8) is 0 Å². The number of rotatable bonds is 2. The summed E-state index contributed by atoms with van der Waals surface area (Å²) in [7, 11) is 0. The number of H-pyrrole nitrogens is 1. The second-order valence-corrected chi connectivity index (χ2v) is 5.33. The largest absolute Gasteiger partial charge is 0.394 e. The van der Waals surface area contributed by atoms with Gasteiger partial charge in [-0.15, -0.1) is 0 Å². The van der Waals surface area contributed by atoms with Crippen LogP contribution >= 0.6 is 0 Å². The van der Waals surface area contributed by atoms with E-state index in [0.29, 0.717) is 4.57 Å². The summed E-state index contributed by atoms with van der Waals surface area (Å²) < 4.78 is 20.7. The summed E-state index contributed by atoms with van der Waals surface area (Å²) in [6.45, 7) is 3.01. The van der Waals surface area contributed by atoms with Crippen LogP contribution in [-0.2, 0) is 4.74 Å². The van der Waals surface area contributed by atoms with Gasteiger partial charge in [-0.2, -0.15) is 0 Å². The van der Waals surface area contributed by atoms with Crippen molar-refractivity contribution in [2.45, 2.75) is 44.4 Å². The highest BCUT2D eigenvalue weighted by Gasteiger charge is 2.63. The molecule has 0 bridgehead atoms. The lowest BCUT2D eigenvalue weighted by atomic mass is 9.85. The molecule has 8 heteroatoms. The zero-order valence-corrected chi connectivity index (χ0v) is 11.4. The van der Waals surface area contributed by atoms with Crippen molar-refractivity contribution in [1.29, 1.82) is 0 Å². The van der Waals surface area contributed by atoms with Gasteiger partial charge in [-0.05, 0) is 20.8 Å². The van der Waals surface area contributed by atoms with Crippen LogP contribution in [0.4, 0.5) is 4.39 Å². The molecule has 2 heterocycles. The number of nitrogens with zero attached hydrogens (tertiary/aromatic N) is 1. The maximum Gasteiger partial charge on any atom is 0.330 e. The first-order chi connectivity index (χ1) is 9.14. The monoisotopic (exact) mass is 288 g/mol. The van der Waals surface area contributed by atoms with Crippen LogP contribution in [0.2, 0.25) is 0 Å². The van der Waals surface area contributed by atoms with Crippen LogP contribution in [0.15, 0.2) is 15.8 Å². The highest BCUT2D eigenvalue weighted by atomic mass is 19.1. The predicted octanol–water partition coefficient (Wildman–Crippen LogP) is -0.786.